The van der Waals surface area contributed by atoms with Crippen LogP contribution in [0.1, 0.15) is 11.1 Å². The lowest BCUT2D eigenvalue weighted by molar-refractivity contribution is -0.137. The van der Waals surface area contributed by atoms with Crippen LogP contribution in [0.4, 0.5) is 24.5 Å². The highest BCUT2D eigenvalue weighted by atomic mass is 79.9. The number of alkyl halides is 3. The van der Waals surface area contributed by atoms with Crippen molar-refractivity contribution in [2.75, 3.05) is 24.4 Å². The molecule has 0 bridgehead atoms. The molecule has 7 nitrogen and oxygen atoms in total. The Hall–Kier alpha value is -4.01. The first-order chi connectivity index (χ1) is 18.0. The Bertz CT molecular complexity index is 1440. The molecule has 0 aliphatic heterocycles. The number of para-hydroxylation sites is 1. The SMILES string of the molecule is COc1cc(/C=C(\C#N)C(=O)Nc2cccc(C(F)(F)F)c2)cc(Br)c1OCC(=O)Nc1ccccc1Cl. The van der Waals surface area contributed by atoms with Crippen LogP contribution in [0.3, 0.4) is 0 Å². The zero-order valence-electron chi connectivity index (χ0n) is 19.5. The zero-order chi connectivity index (χ0) is 27.9. The third kappa shape index (κ3) is 7.50. The van der Waals surface area contributed by atoms with Gasteiger partial charge in [0, 0.05) is 5.69 Å². The van der Waals surface area contributed by atoms with Crippen LogP contribution < -0.4 is 20.1 Å². The number of carbonyl (C=O) groups is 2. The number of methoxy groups -OCH3 is 1. The highest BCUT2D eigenvalue weighted by Gasteiger charge is 2.30. The summed E-state index contributed by atoms with van der Waals surface area (Å²) in [5, 5.41) is 14.7. The highest BCUT2D eigenvalue weighted by Crippen LogP contribution is 2.37. The van der Waals surface area contributed by atoms with E-state index in [1.165, 1.54) is 31.4 Å². The Morgan fingerprint density at radius 1 is 1.11 bits per heavy atom. The van der Waals surface area contributed by atoms with Gasteiger partial charge < -0.3 is 20.1 Å². The standard InChI is InChI=1S/C26H18BrClF3N3O4/c1-37-22-11-15(9-16(13-32)25(36)33-18-6-4-5-17(12-18)26(29,30)31)10-19(27)24(22)38-14-23(35)34-21-8-3-2-7-20(21)28/h2-12H,14H2,1H3,(H,33,36)(H,34,35)/b16-9+. The third-order valence-corrected chi connectivity index (χ3v) is 5.79. The molecule has 3 rings (SSSR count). The van der Waals surface area contributed by atoms with Gasteiger partial charge in [0.25, 0.3) is 11.8 Å². The fourth-order valence-corrected chi connectivity index (χ4v) is 3.89. The van der Waals surface area contributed by atoms with Gasteiger partial charge in [-0.15, -0.1) is 0 Å². The minimum Gasteiger partial charge on any atom is -0.493 e. The molecule has 0 aliphatic rings. The van der Waals surface area contributed by atoms with Crippen LogP contribution in [0, 0.1) is 11.3 Å². The summed E-state index contributed by atoms with van der Waals surface area (Å²) >= 11 is 9.36. The van der Waals surface area contributed by atoms with Crippen LogP contribution in [0.5, 0.6) is 11.5 Å². The van der Waals surface area contributed by atoms with E-state index in [4.69, 9.17) is 21.1 Å². The Labute approximate surface area is 228 Å². The fourth-order valence-electron chi connectivity index (χ4n) is 3.14. The van der Waals surface area contributed by atoms with Gasteiger partial charge in [-0.25, -0.2) is 0 Å². The average molecular weight is 609 g/mol. The molecule has 38 heavy (non-hydrogen) atoms. The van der Waals surface area contributed by atoms with Crippen LogP contribution in [-0.4, -0.2) is 25.5 Å². The Morgan fingerprint density at radius 2 is 1.84 bits per heavy atom. The van der Waals surface area contributed by atoms with E-state index < -0.39 is 23.6 Å². The van der Waals surface area contributed by atoms with Crippen molar-refractivity contribution < 1.29 is 32.2 Å². The first-order valence-corrected chi connectivity index (χ1v) is 11.8. The van der Waals surface area contributed by atoms with Gasteiger partial charge in [-0.1, -0.05) is 29.8 Å². The van der Waals surface area contributed by atoms with E-state index >= 15 is 0 Å². The number of rotatable bonds is 8. The number of hydrogen-bond acceptors (Lipinski definition) is 5. The van der Waals surface area contributed by atoms with E-state index in [0.717, 1.165) is 18.2 Å². The maximum atomic E-state index is 12.9. The summed E-state index contributed by atoms with van der Waals surface area (Å²) in [7, 11) is 1.36. The topological polar surface area (TPSA) is 100 Å². The summed E-state index contributed by atoms with van der Waals surface area (Å²) in [4.78, 5) is 24.9. The van der Waals surface area contributed by atoms with Crippen LogP contribution in [-0.2, 0) is 15.8 Å². The van der Waals surface area contributed by atoms with Gasteiger partial charge in [-0.3, -0.25) is 9.59 Å². The van der Waals surface area contributed by atoms with Crippen molar-refractivity contribution in [2.24, 2.45) is 0 Å². The van der Waals surface area contributed by atoms with Crippen molar-refractivity contribution in [1.82, 2.24) is 0 Å². The normalized spacial score (nSPS) is 11.3. The summed E-state index contributed by atoms with van der Waals surface area (Å²) < 4.78 is 50.1. The second-order valence-electron chi connectivity index (χ2n) is 7.55. The smallest absolute Gasteiger partial charge is 0.416 e. The molecule has 12 heteroatoms. The lowest BCUT2D eigenvalue weighted by Gasteiger charge is -2.14. The molecule has 3 aromatic rings. The molecule has 2 amide bonds. The third-order valence-electron chi connectivity index (χ3n) is 4.87. The lowest BCUT2D eigenvalue weighted by Crippen LogP contribution is -2.20. The summed E-state index contributed by atoms with van der Waals surface area (Å²) in [6.07, 6.45) is -3.36. The number of carbonyl (C=O) groups excluding carboxylic acids is 2. The second kappa shape index (κ2) is 12.5. The number of nitriles is 1. The number of hydrogen-bond donors (Lipinski definition) is 2. The molecule has 0 aliphatic carbocycles. The van der Waals surface area contributed by atoms with E-state index in [0.29, 0.717) is 20.7 Å². The van der Waals surface area contributed by atoms with Crippen molar-refractivity contribution in [2.45, 2.75) is 6.18 Å². The molecule has 0 atom stereocenters. The molecular weight excluding hydrogens is 591 g/mol. The summed E-state index contributed by atoms with van der Waals surface area (Å²) in [5.41, 5.74) is -0.672. The van der Waals surface area contributed by atoms with Gasteiger partial charge in [0.2, 0.25) is 0 Å². The molecule has 0 aromatic heterocycles. The van der Waals surface area contributed by atoms with Crippen molar-refractivity contribution in [1.29, 1.82) is 5.26 Å². The van der Waals surface area contributed by atoms with E-state index in [1.807, 2.05) is 0 Å². The van der Waals surface area contributed by atoms with Crippen LogP contribution in [0.15, 0.2) is 70.7 Å². The van der Waals surface area contributed by atoms with Crippen molar-refractivity contribution in [3.05, 3.63) is 86.9 Å². The van der Waals surface area contributed by atoms with Crippen molar-refractivity contribution in [3.63, 3.8) is 0 Å². The van der Waals surface area contributed by atoms with Crippen LogP contribution in [0.2, 0.25) is 5.02 Å². The molecule has 0 heterocycles. The molecule has 0 radical (unpaired) electrons. The fraction of sp³-hybridized carbons (Fsp3) is 0.115. The zero-order valence-corrected chi connectivity index (χ0v) is 21.9. The van der Waals surface area contributed by atoms with Crippen LogP contribution >= 0.6 is 27.5 Å². The molecule has 0 unspecified atom stereocenters. The molecule has 3 aromatic carbocycles. The summed E-state index contributed by atoms with van der Waals surface area (Å²) in [6, 6.07) is 15.4. The molecule has 2 N–H and O–H groups in total. The number of nitrogens with zero attached hydrogens (tertiary/aromatic N) is 1. The first kappa shape index (κ1) is 28.6. The van der Waals surface area contributed by atoms with E-state index in [9.17, 15) is 28.0 Å². The maximum Gasteiger partial charge on any atom is 0.416 e. The number of amides is 2. The summed E-state index contributed by atoms with van der Waals surface area (Å²) in [5.74, 6) is -1.01. The highest BCUT2D eigenvalue weighted by molar-refractivity contribution is 9.10. The number of anilines is 2. The van der Waals surface area contributed by atoms with Gasteiger partial charge in [0.15, 0.2) is 18.1 Å². The lowest BCUT2D eigenvalue weighted by atomic mass is 10.1. The average Bonchev–Trinajstić information content (AvgIpc) is 2.87. The minimum absolute atomic E-state index is 0.122. The van der Waals surface area contributed by atoms with Gasteiger partial charge >= 0.3 is 6.18 Å². The predicted octanol–water partition coefficient (Wildman–Crippen LogP) is 6.69. The first-order valence-electron chi connectivity index (χ1n) is 10.7. The van der Waals surface area contributed by atoms with Gasteiger partial charge in [0.1, 0.15) is 11.6 Å². The minimum atomic E-state index is -4.59. The van der Waals surface area contributed by atoms with Crippen molar-refractivity contribution >= 4 is 56.8 Å². The number of ether oxygens (including phenoxy) is 2. The quantitative estimate of drug-likeness (QED) is 0.219. The Kier molecular flexibility index (Phi) is 9.39. The van der Waals surface area contributed by atoms with E-state index in [2.05, 4.69) is 26.6 Å². The van der Waals surface area contributed by atoms with Crippen LogP contribution in [0.25, 0.3) is 6.08 Å². The molecule has 0 saturated carbocycles. The largest absolute Gasteiger partial charge is 0.493 e. The van der Waals surface area contributed by atoms with Gasteiger partial charge in [-0.05, 0) is 70.0 Å². The molecular formula is C26H18BrClF3N3O4. The monoisotopic (exact) mass is 607 g/mol. The predicted molar refractivity (Wildman–Crippen MR) is 140 cm³/mol. The number of halogens is 5. The Balaban J connectivity index is 1.76. The van der Waals surface area contributed by atoms with Crippen molar-refractivity contribution in [3.8, 4) is 17.6 Å². The molecule has 0 saturated heterocycles. The Morgan fingerprint density at radius 3 is 2.50 bits per heavy atom. The molecule has 196 valence electrons. The summed E-state index contributed by atoms with van der Waals surface area (Å²) in [6.45, 7) is -0.377. The second-order valence-corrected chi connectivity index (χ2v) is 8.81. The number of nitrogens with one attached hydrogen (secondary N) is 2. The van der Waals surface area contributed by atoms with Gasteiger partial charge in [0.05, 0.1) is 27.9 Å². The van der Waals surface area contributed by atoms with Gasteiger partial charge in [-0.2, -0.15) is 18.4 Å². The van der Waals surface area contributed by atoms with E-state index in [1.54, 1.807) is 30.3 Å². The maximum absolute atomic E-state index is 12.9. The number of benzene rings is 3. The molecule has 0 fully saturated rings. The molecule has 0 spiro atoms. The van der Waals surface area contributed by atoms with E-state index in [-0.39, 0.29) is 29.4 Å².